The van der Waals surface area contributed by atoms with E-state index in [-0.39, 0.29) is 18.2 Å². The standard InChI is InChI=1S/C12H21N3O2/c1-8(7-16)14-10-6-5-9(13)11(15-10)17-12(2,3)4/h5-6,8,16H,7,13H2,1-4H3,(H,14,15). The first kappa shape index (κ1) is 13.6. The van der Waals surface area contributed by atoms with E-state index in [9.17, 15) is 0 Å². The van der Waals surface area contributed by atoms with Crippen molar-refractivity contribution in [1.82, 2.24) is 4.98 Å². The lowest BCUT2D eigenvalue weighted by atomic mass is 10.2. The number of aromatic nitrogens is 1. The van der Waals surface area contributed by atoms with E-state index in [2.05, 4.69) is 10.3 Å². The highest BCUT2D eigenvalue weighted by molar-refractivity contribution is 5.54. The Bertz CT molecular complexity index is 375. The molecule has 0 bridgehead atoms. The summed E-state index contributed by atoms with van der Waals surface area (Å²) >= 11 is 0. The number of nitrogens with two attached hydrogens (primary N) is 1. The topological polar surface area (TPSA) is 80.4 Å². The van der Waals surface area contributed by atoms with Gasteiger partial charge in [-0.15, -0.1) is 0 Å². The van der Waals surface area contributed by atoms with Crippen LogP contribution in [0.3, 0.4) is 0 Å². The highest BCUT2D eigenvalue weighted by Crippen LogP contribution is 2.25. The average molecular weight is 239 g/mol. The third kappa shape index (κ3) is 4.48. The molecule has 1 atom stereocenters. The summed E-state index contributed by atoms with van der Waals surface area (Å²) in [5.41, 5.74) is 5.95. The molecule has 0 aliphatic heterocycles. The fourth-order valence-electron chi connectivity index (χ4n) is 1.20. The number of anilines is 2. The summed E-state index contributed by atoms with van der Waals surface area (Å²) in [6.45, 7) is 7.71. The normalized spacial score (nSPS) is 13.2. The van der Waals surface area contributed by atoms with Gasteiger partial charge in [0.2, 0.25) is 5.88 Å². The summed E-state index contributed by atoms with van der Waals surface area (Å²) in [6.07, 6.45) is 0. The van der Waals surface area contributed by atoms with Gasteiger partial charge in [0, 0.05) is 6.04 Å². The van der Waals surface area contributed by atoms with Crippen LogP contribution in [0.15, 0.2) is 12.1 Å². The van der Waals surface area contributed by atoms with E-state index in [1.54, 1.807) is 12.1 Å². The first-order chi connectivity index (χ1) is 7.81. The molecule has 0 radical (unpaired) electrons. The lowest BCUT2D eigenvalue weighted by Crippen LogP contribution is -2.25. The molecule has 0 saturated carbocycles. The zero-order chi connectivity index (χ0) is 13.1. The quantitative estimate of drug-likeness (QED) is 0.744. The number of aliphatic hydroxyl groups is 1. The monoisotopic (exact) mass is 239 g/mol. The number of hydrogen-bond donors (Lipinski definition) is 3. The molecule has 0 aliphatic rings. The van der Waals surface area contributed by atoms with Gasteiger partial charge >= 0.3 is 0 Å². The first-order valence-electron chi connectivity index (χ1n) is 5.65. The van der Waals surface area contributed by atoms with Crippen LogP contribution in [0.1, 0.15) is 27.7 Å². The molecule has 0 amide bonds. The fraction of sp³-hybridized carbons (Fsp3) is 0.583. The van der Waals surface area contributed by atoms with Crippen molar-refractivity contribution < 1.29 is 9.84 Å². The number of nitrogen functional groups attached to an aromatic ring is 1. The Kier molecular flexibility index (Phi) is 4.17. The molecule has 0 aliphatic carbocycles. The fourth-order valence-corrected chi connectivity index (χ4v) is 1.20. The van der Waals surface area contributed by atoms with Crippen LogP contribution < -0.4 is 15.8 Å². The third-order valence-corrected chi connectivity index (χ3v) is 1.96. The Morgan fingerprint density at radius 1 is 1.47 bits per heavy atom. The number of hydrogen-bond acceptors (Lipinski definition) is 5. The van der Waals surface area contributed by atoms with Crippen molar-refractivity contribution in [2.75, 3.05) is 17.7 Å². The van der Waals surface area contributed by atoms with Crippen LogP contribution in [0.25, 0.3) is 0 Å². The van der Waals surface area contributed by atoms with Crippen LogP contribution in [-0.4, -0.2) is 28.3 Å². The van der Waals surface area contributed by atoms with Gasteiger partial charge < -0.3 is 20.9 Å². The Morgan fingerprint density at radius 2 is 2.12 bits per heavy atom. The van der Waals surface area contributed by atoms with Crippen molar-refractivity contribution in [2.24, 2.45) is 0 Å². The van der Waals surface area contributed by atoms with Gasteiger partial charge in [0.1, 0.15) is 11.4 Å². The Balaban J connectivity index is 2.87. The second-order valence-electron chi connectivity index (χ2n) is 5.03. The molecule has 0 saturated heterocycles. The Labute approximate surface area is 102 Å². The Morgan fingerprint density at radius 3 is 2.65 bits per heavy atom. The van der Waals surface area contributed by atoms with Crippen molar-refractivity contribution in [3.05, 3.63) is 12.1 Å². The van der Waals surface area contributed by atoms with Crippen LogP contribution in [0.4, 0.5) is 11.5 Å². The molecule has 0 fully saturated rings. The zero-order valence-electron chi connectivity index (χ0n) is 10.8. The molecular weight excluding hydrogens is 218 g/mol. The van der Waals surface area contributed by atoms with Crippen molar-refractivity contribution in [1.29, 1.82) is 0 Å². The summed E-state index contributed by atoms with van der Waals surface area (Å²) in [5, 5.41) is 12.0. The highest BCUT2D eigenvalue weighted by Gasteiger charge is 2.15. The van der Waals surface area contributed by atoms with Gasteiger partial charge in [0.05, 0.1) is 12.3 Å². The largest absolute Gasteiger partial charge is 0.470 e. The molecule has 1 rings (SSSR count). The van der Waals surface area contributed by atoms with Gasteiger partial charge in [-0.3, -0.25) is 0 Å². The van der Waals surface area contributed by atoms with Gasteiger partial charge in [-0.25, -0.2) is 0 Å². The number of pyridine rings is 1. The summed E-state index contributed by atoms with van der Waals surface area (Å²) in [4.78, 5) is 4.28. The minimum Gasteiger partial charge on any atom is -0.470 e. The molecule has 5 nitrogen and oxygen atoms in total. The highest BCUT2D eigenvalue weighted by atomic mass is 16.5. The molecule has 0 aromatic carbocycles. The van der Waals surface area contributed by atoms with E-state index in [4.69, 9.17) is 15.6 Å². The first-order valence-corrected chi connectivity index (χ1v) is 5.65. The van der Waals surface area contributed by atoms with Gasteiger partial charge in [-0.1, -0.05) is 0 Å². The van der Waals surface area contributed by atoms with E-state index in [1.807, 2.05) is 27.7 Å². The van der Waals surface area contributed by atoms with Crippen LogP contribution in [-0.2, 0) is 0 Å². The zero-order valence-corrected chi connectivity index (χ0v) is 10.8. The molecular formula is C12H21N3O2. The second-order valence-corrected chi connectivity index (χ2v) is 5.03. The van der Waals surface area contributed by atoms with Crippen molar-refractivity contribution in [3.63, 3.8) is 0 Å². The smallest absolute Gasteiger partial charge is 0.239 e. The molecule has 5 heteroatoms. The maximum Gasteiger partial charge on any atom is 0.239 e. The predicted molar refractivity (Wildman–Crippen MR) is 69.2 cm³/mol. The molecule has 4 N–H and O–H groups in total. The minimum absolute atomic E-state index is 0.0432. The van der Waals surface area contributed by atoms with E-state index in [1.165, 1.54) is 0 Å². The minimum atomic E-state index is -0.345. The second kappa shape index (κ2) is 5.23. The number of nitrogens with zero attached hydrogens (tertiary/aromatic N) is 1. The SMILES string of the molecule is CC(CO)Nc1ccc(N)c(OC(C)(C)C)n1. The molecule has 17 heavy (non-hydrogen) atoms. The molecule has 96 valence electrons. The van der Waals surface area contributed by atoms with Crippen LogP contribution >= 0.6 is 0 Å². The van der Waals surface area contributed by atoms with Crippen LogP contribution in [0, 0.1) is 0 Å². The number of nitrogens with one attached hydrogen (secondary N) is 1. The van der Waals surface area contributed by atoms with Gasteiger partial charge in [-0.2, -0.15) is 4.98 Å². The number of rotatable bonds is 4. The summed E-state index contributed by atoms with van der Waals surface area (Å²) in [6, 6.07) is 3.44. The maximum atomic E-state index is 8.96. The van der Waals surface area contributed by atoms with Crippen LogP contribution in [0.5, 0.6) is 5.88 Å². The predicted octanol–water partition coefficient (Wildman–Crippen LogP) is 1.63. The van der Waals surface area contributed by atoms with Gasteiger partial charge in [0.15, 0.2) is 0 Å². The van der Waals surface area contributed by atoms with Gasteiger partial charge in [-0.05, 0) is 39.8 Å². The van der Waals surface area contributed by atoms with Crippen molar-refractivity contribution in [3.8, 4) is 5.88 Å². The molecule has 0 spiro atoms. The van der Waals surface area contributed by atoms with Crippen molar-refractivity contribution >= 4 is 11.5 Å². The van der Waals surface area contributed by atoms with E-state index >= 15 is 0 Å². The number of ether oxygens (including phenoxy) is 1. The number of aliphatic hydroxyl groups excluding tert-OH is 1. The summed E-state index contributed by atoms with van der Waals surface area (Å²) in [7, 11) is 0. The lowest BCUT2D eigenvalue weighted by Gasteiger charge is -2.22. The molecule has 1 unspecified atom stereocenters. The Hall–Kier alpha value is -1.49. The summed E-state index contributed by atoms with van der Waals surface area (Å²) < 4.78 is 5.65. The lowest BCUT2D eigenvalue weighted by molar-refractivity contribution is 0.125. The van der Waals surface area contributed by atoms with E-state index < -0.39 is 0 Å². The average Bonchev–Trinajstić information content (AvgIpc) is 2.21. The van der Waals surface area contributed by atoms with Crippen molar-refractivity contribution in [2.45, 2.75) is 39.3 Å². The molecule has 1 heterocycles. The van der Waals surface area contributed by atoms with E-state index in [0.717, 1.165) is 0 Å². The van der Waals surface area contributed by atoms with Gasteiger partial charge in [0.25, 0.3) is 0 Å². The summed E-state index contributed by atoms with van der Waals surface area (Å²) in [5.74, 6) is 1.05. The molecule has 1 aromatic rings. The van der Waals surface area contributed by atoms with E-state index in [0.29, 0.717) is 17.4 Å². The third-order valence-electron chi connectivity index (χ3n) is 1.96. The van der Waals surface area contributed by atoms with Crippen LogP contribution in [0.2, 0.25) is 0 Å². The maximum absolute atomic E-state index is 8.96. The molecule has 1 aromatic heterocycles.